The molecule has 0 spiro atoms. The Bertz CT molecular complexity index is 889. The smallest absolute Gasteiger partial charge is 0.341 e. The van der Waals surface area contributed by atoms with E-state index in [1.165, 1.54) is 17.5 Å². The van der Waals surface area contributed by atoms with Gasteiger partial charge in [-0.05, 0) is 25.5 Å². The van der Waals surface area contributed by atoms with Crippen molar-refractivity contribution in [2.45, 2.75) is 13.8 Å². The van der Waals surface area contributed by atoms with Crippen LogP contribution in [0.15, 0.2) is 35.8 Å². The summed E-state index contributed by atoms with van der Waals surface area (Å²) in [7, 11) is 1.61. The van der Waals surface area contributed by atoms with Crippen LogP contribution in [0.1, 0.15) is 22.8 Å². The van der Waals surface area contributed by atoms with E-state index in [4.69, 9.17) is 9.47 Å². The molecule has 0 aliphatic heterocycles. The van der Waals surface area contributed by atoms with Crippen molar-refractivity contribution in [3.63, 3.8) is 0 Å². The van der Waals surface area contributed by atoms with Crippen LogP contribution in [-0.4, -0.2) is 24.7 Å². The third-order valence-corrected chi connectivity index (χ3v) is 4.64. The summed E-state index contributed by atoms with van der Waals surface area (Å²) in [6, 6.07) is 7.91. The number of rotatable bonds is 5. The highest BCUT2D eigenvalue weighted by Gasteiger charge is 2.20. The van der Waals surface area contributed by atoms with Crippen molar-refractivity contribution in [1.29, 1.82) is 0 Å². The van der Waals surface area contributed by atoms with Gasteiger partial charge in [-0.1, -0.05) is 18.2 Å². The van der Waals surface area contributed by atoms with Crippen LogP contribution in [0, 0.1) is 6.92 Å². The number of para-hydroxylation sites is 1. The molecule has 0 fully saturated rings. The van der Waals surface area contributed by atoms with Crippen LogP contribution < -0.4 is 10.1 Å². The highest BCUT2D eigenvalue weighted by atomic mass is 32.1. The van der Waals surface area contributed by atoms with E-state index in [9.17, 15) is 4.79 Å². The first-order chi connectivity index (χ1) is 11.7. The lowest BCUT2D eigenvalue weighted by atomic mass is 10.1. The van der Waals surface area contributed by atoms with Crippen molar-refractivity contribution in [2.75, 3.05) is 19.0 Å². The number of nitrogens with zero attached hydrogens (tertiary/aromatic N) is 1. The molecule has 3 rings (SSSR count). The first kappa shape index (κ1) is 16.3. The van der Waals surface area contributed by atoms with Crippen LogP contribution in [0.5, 0.6) is 5.75 Å². The summed E-state index contributed by atoms with van der Waals surface area (Å²) < 4.78 is 11.4. The van der Waals surface area contributed by atoms with Crippen molar-refractivity contribution in [2.24, 2.45) is 0 Å². The Labute approximate surface area is 144 Å². The number of benzene rings is 1. The summed E-state index contributed by atoms with van der Waals surface area (Å²) in [5, 5.41) is 5.26. The van der Waals surface area contributed by atoms with E-state index in [0.717, 1.165) is 21.5 Å². The highest BCUT2D eigenvalue weighted by Crippen LogP contribution is 2.39. The fourth-order valence-electron chi connectivity index (χ4n) is 2.43. The Balaban J connectivity index is 2.17. The lowest BCUT2D eigenvalue weighted by Gasteiger charge is -2.14. The number of nitrogens with one attached hydrogen (secondary N) is 1. The third kappa shape index (κ3) is 2.92. The van der Waals surface area contributed by atoms with Crippen LogP contribution in [0.4, 0.5) is 11.4 Å². The fraction of sp³-hybridized carbons (Fsp3) is 0.222. The van der Waals surface area contributed by atoms with Gasteiger partial charge in [-0.3, -0.25) is 4.98 Å². The molecule has 24 heavy (non-hydrogen) atoms. The van der Waals surface area contributed by atoms with Gasteiger partial charge in [0.2, 0.25) is 0 Å². The molecule has 0 aliphatic carbocycles. The summed E-state index contributed by atoms with van der Waals surface area (Å²) in [6.07, 6.45) is 1.54. The number of hydrogen-bond acceptors (Lipinski definition) is 6. The number of carbonyl (C=O) groups excluding carboxylic acids is 1. The largest absolute Gasteiger partial charge is 0.494 e. The molecule has 0 aliphatic rings. The van der Waals surface area contributed by atoms with Gasteiger partial charge >= 0.3 is 5.97 Å². The molecular formula is C18H18N2O3S. The minimum atomic E-state index is -0.393. The van der Waals surface area contributed by atoms with E-state index in [1.807, 2.05) is 36.6 Å². The van der Waals surface area contributed by atoms with Crippen molar-refractivity contribution in [3.05, 3.63) is 47.0 Å². The van der Waals surface area contributed by atoms with Crippen molar-refractivity contribution >= 4 is 38.9 Å². The normalized spacial score (nSPS) is 10.6. The van der Waals surface area contributed by atoms with Crippen molar-refractivity contribution < 1.29 is 14.3 Å². The van der Waals surface area contributed by atoms with Gasteiger partial charge < -0.3 is 14.8 Å². The lowest BCUT2D eigenvalue weighted by Crippen LogP contribution is -2.09. The predicted molar refractivity (Wildman–Crippen MR) is 96.6 cm³/mol. The van der Waals surface area contributed by atoms with Gasteiger partial charge in [0.15, 0.2) is 5.75 Å². The Hall–Kier alpha value is -2.60. The molecule has 5 nitrogen and oxygen atoms in total. The molecule has 0 radical (unpaired) electrons. The SMILES string of the molecule is CCOC(=O)c1cnc2c(OC)csc2c1Nc1ccccc1C. The molecule has 0 unspecified atom stereocenters. The number of ether oxygens (including phenoxy) is 2. The molecule has 0 amide bonds. The standard InChI is InChI=1S/C18H18N2O3S/c1-4-23-18(21)12-9-19-16-14(22-3)10-24-17(16)15(12)20-13-8-6-5-7-11(13)2/h5-10H,4H2,1-3H3,(H,19,20). The Morgan fingerprint density at radius 2 is 2.12 bits per heavy atom. The number of thiophene rings is 1. The van der Waals surface area contributed by atoms with E-state index in [2.05, 4.69) is 10.3 Å². The maximum Gasteiger partial charge on any atom is 0.341 e. The second kappa shape index (κ2) is 6.88. The zero-order valence-electron chi connectivity index (χ0n) is 13.8. The number of methoxy groups -OCH3 is 1. The predicted octanol–water partition coefficient (Wildman–Crippen LogP) is 4.53. The van der Waals surface area contributed by atoms with E-state index >= 15 is 0 Å². The van der Waals surface area contributed by atoms with Crippen molar-refractivity contribution in [1.82, 2.24) is 4.98 Å². The van der Waals surface area contributed by atoms with Crippen LogP contribution in [0.2, 0.25) is 0 Å². The number of anilines is 2. The minimum absolute atomic E-state index is 0.314. The fourth-order valence-corrected chi connectivity index (χ4v) is 3.41. The molecule has 2 heterocycles. The maximum absolute atomic E-state index is 12.3. The minimum Gasteiger partial charge on any atom is -0.494 e. The quantitative estimate of drug-likeness (QED) is 0.690. The first-order valence-corrected chi connectivity index (χ1v) is 8.47. The van der Waals surface area contributed by atoms with E-state index < -0.39 is 5.97 Å². The zero-order valence-corrected chi connectivity index (χ0v) is 14.6. The average molecular weight is 342 g/mol. The summed E-state index contributed by atoms with van der Waals surface area (Å²) in [4.78, 5) is 16.7. The summed E-state index contributed by atoms with van der Waals surface area (Å²) >= 11 is 1.48. The highest BCUT2D eigenvalue weighted by molar-refractivity contribution is 7.18. The molecule has 2 aromatic heterocycles. The second-order valence-electron chi connectivity index (χ2n) is 5.19. The molecule has 124 valence electrons. The van der Waals surface area contributed by atoms with E-state index in [0.29, 0.717) is 23.6 Å². The number of fused-ring (bicyclic) bond motifs is 1. The molecule has 6 heteroatoms. The van der Waals surface area contributed by atoms with Crippen LogP contribution in [0.25, 0.3) is 10.2 Å². The van der Waals surface area contributed by atoms with Gasteiger partial charge in [0.05, 0.1) is 24.1 Å². The number of hydrogen-bond donors (Lipinski definition) is 1. The number of pyridine rings is 1. The van der Waals surface area contributed by atoms with Gasteiger partial charge in [-0.25, -0.2) is 4.79 Å². The van der Waals surface area contributed by atoms with Crippen molar-refractivity contribution in [3.8, 4) is 5.75 Å². The molecule has 3 aromatic rings. The maximum atomic E-state index is 12.3. The van der Waals surface area contributed by atoms with Crippen LogP contribution >= 0.6 is 11.3 Å². The van der Waals surface area contributed by atoms with Gasteiger partial charge in [0, 0.05) is 17.3 Å². The Morgan fingerprint density at radius 3 is 2.83 bits per heavy atom. The molecule has 0 atom stereocenters. The molecule has 0 saturated carbocycles. The summed E-state index contributed by atoms with van der Waals surface area (Å²) in [5.74, 6) is 0.300. The number of carbonyl (C=O) groups is 1. The first-order valence-electron chi connectivity index (χ1n) is 7.59. The van der Waals surface area contributed by atoms with Crippen LogP contribution in [-0.2, 0) is 4.74 Å². The number of aryl methyl sites for hydroxylation is 1. The summed E-state index contributed by atoms with van der Waals surface area (Å²) in [5.41, 5.74) is 3.86. The van der Waals surface area contributed by atoms with E-state index in [1.54, 1.807) is 14.0 Å². The van der Waals surface area contributed by atoms with Gasteiger partial charge in [0.25, 0.3) is 0 Å². The Morgan fingerprint density at radius 1 is 1.33 bits per heavy atom. The third-order valence-electron chi connectivity index (χ3n) is 3.67. The van der Waals surface area contributed by atoms with Crippen LogP contribution in [0.3, 0.4) is 0 Å². The van der Waals surface area contributed by atoms with E-state index in [-0.39, 0.29) is 0 Å². The van der Waals surface area contributed by atoms with Gasteiger partial charge in [-0.2, -0.15) is 0 Å². The summed E-state index contributed by atoms with van der Waals surface area (Å²) in [6.45, 7) is 4.11. The Kier molecular flexibility index (Phi) is 4.66. The second-order valence-corrected chi connectivity index (χ2v) is 6.07. The lowest BCUT2D eigenvalue weighted by molar-refractivity contribution is 0.0527. The monoisotopic (exact) mass is 342 g/mol. The topological polar surface area (TPSA) is 60.5 Å². The molecule has 0 bridgehead atoms. The number of aromatic nitrogens is 1. The average Bonchev–Trinajstić information content (AvgIpc) is 3.00. The zero-order chi connectivity index (χ0) is 17.1. The molecule has 1 aromatic carbocycles. The molecule has 1 N–H and O–H groups in total. The van der Waals surface area contributed by atoms with Gasteiger partial charge in [0.1, 0.15) is 11.1 Å². The number of esters is 1. The molecular weight excluding hydrogens is 324 g/mol. The van der Waals surface area contributed by atoms with Gasteiger partial charge in [-0.15, -0.1) is 11.3 Å². The molecule has 0 saturated heterocycles.